The molecule has 4 fully saturated rings. The molecule has 2 nitrogen and oxygen atoms in total. The van der Waals surface area contributed by atoms with Crippen molar-refractivity contribution in [1.29, 1.82) is 0 Å². The van der Waals surface area contributed by atoms with Crippen LogP contribution in [0.5, 0.6) is 0 Å². The lowest BCUT2D eigenvalue weighted by atomic mass is 9.65. The maximum absolute atomic E-state index is 6.48. The Kier molecular flexibility index (Phi) is 4.47. The van der Waals surface area contributed by atoms with Crippen LogP contribution in [0.4, 0.5) is 0 Å². The molecular weight excluding hydrogens is 296 g/mol. The highest BCUT2D eigenvalue weighted by Crippen LogP contribution is 2.48. The Hall–Kier alpha value is 0.210. The van der Waals surface area contributed by atoms with Crippen molar-refractivity contribution >= 4 is 11.6 Å². The van der Waals surface area contributed by atoms with E-state index in [0.29, 0.717) is 12.7 Å². The predicted molar refractivity (Wildman–Crippen MR) is 89.0 cm³/mol. The van der Waals surface area contributed by atoms with E-state index in [-0.39, 0.29) is 11.2 Å². The van der Waals surface area contributed by atoms with Gasteiger partial charge in [0.05, 0.1) is 18.3 Å². The van der Waals surface area contributed by atoms with Crippen LogP contribution in [0.1, 0.15) is 71.1 Å². The van der Waals surface area contributed by atoms with Crippen molar-refractivity contribution in [3.63, 3.8) is 0 Å². The zero-order chi connectivity index (χ0) is 15.2. The smallest absolute Gasteiger partial charge is 0.154 e. The third kappa shape index (κ3) is 3.21. The lowest BCUT2D eigenvalue weighted by molar-refractivity contribution is -0.142. The molecule has 4 saturated carbocycles. The van der Waals surface area contributed by atoms with Crippen molar-refractivity contribution in [2.45, 2.75) is 88.4 Å². The molecule has 0 N–H and O–H groups in total. The van der Waals surface area contributed by atoms with Gasteiger partial charge in [-0.15, -0.1) is 0 Å². The van der Waals surface area contributed by atoms with E-state index >= 15 is 0 Å². The van der Waals surface area contributed by atoms with Crippen molar-refractivity contribution in [1.82, 2.24) is 0 Å². The van der Waals surface area contributed by atoms with Gasteiger partial charge in [0.2, 0.25) is 0 Å². The quantitative estimate of drug-likeness (QED) is 0.652. The molecule has 0 radical (unpaired) electrons. The van der Waals surface area contributed by atoms with Gasteiger partial charge in [-0.2, -0.15) is 0 Å². The number of hydrogen-bond acceptors (Lipinski definition) is 2. The first-order chi connectivity index (χ1) is 10.6. The fourth-order valence-electron chi connectivity index (χ4n) is 6.13. The summed E-state index contributed by atoms with van der Waals surface area (Å²) in [6.45, 7) is 2.97. The molecule has 4 aliphatic rings. The summed E-state index contributed by atoms with van der Waals surface area (Å²) in [7, 11) is 0. The third-order valence-electron chi connectivity index (χ3n) is 6.88. The topological polar surface area (TPSA) is 18.5 Å². The summed E-state index contributed by atoms with van der Waals surface area (Å²) in [6, 6.07) is 0. The number of halogens is 1. The van der Waals surface area contributed by atoms with Crippen LogP contribution in [0.3, 0.4) is 0 Å². The van der Waals surface area contributed by atoms with Crippen LogP contribution >= 0.6 is 11.6 Å². The second kappa shape index (κ2) is 6.26. The minimum absolute atomic E-state index is 0.117. The molecule has 7 unspecified atom stereocenters. The Bertz CT molecular complexity index is 397. The van der Waals surface area contributed by atoms with Crippen molar-refractivity contribution in [3.05, 3.63) is 0 Å². The van der Waals surface area contributed by atoms with Gasteiger partial charge in [0.15, 0.2) is 5.56 Å². The molecule has 7 atom stereocenters. The third-order valence-corrected chi connectivity index (χ3v) is 7.11. The largest absolute Gasteiger partial charge is 0.371 e. The lowest BCUT2D eigenvalue weighted by Crippen LogP contribution is -2.45. The molecule has 4 bridgehead atoms. The van der Waals surface area contributed by atoms with Crippen LogP contribution in [0.25, 0.3) is 0 Å². The van der Waals surface area contributed by atoms with Gasteiger partial charge in [-0.3, -0.25) is 0 Å². The SMILES string of the molecule is CC1CC2CCCC(OCC(Cl)OC3CC4CCC3C4)(C1)C2. The second-order valence-corrected chi connectivity index (χ2v) is 9.25. The number of ether oxygens (including phenoxy) is 2. The summed E-state index contributed by atoms with van der Waals surface area (Å²) in [6.07, 6.45) is 13.6. The van der Waals surface area contributed by atoms with E-state index in [1.807, 2.05) is 0 Å². The van der Waals surface area contributed by atoms with E-state index in [0.717, 1.165) is 23.7 Å². The van der Waals surface area contributed by atoms with Crippen molar-refractivity contribution in [2.75, 3.05) is 6.61 Å². The Morgan fingerprint density at radius 3 is 2.77 bits per heavy atom. The van der Waals surface area contributed by atoms with E-state index in [9.17, 15) is 0 Å². The Morgan fingerprint density at radius 2 is 2.00 bits per heavy atom. The van der Waals surface area contributed by atoms with Gasteiger partial charge in [0.1, 0.15) is 0 Å². The molecular formula is C19H31ClO2. The van der Waals surface area contributed by atoms with Gasteiger partial charge < -0.3 is 9.47 Å². The van der Waals surface area contributed by atoms with E-state index in [4.69, 9.17) is 21.1 Å². The summed E-state index contributed by atoms with van der Waals surface area (Å²) in [5, 5.41) is 0. The van der Waals surface area contributed by atoms with Crippen LogP contribution in [0.15, 0.2) is 0 Å². The molecule has 0 aromatic rings. The van der Waals surface area contributed by atoms with Gasteiger partial charge in [-0.1, -0.05) is 31.4 Å². The molecule has 22 heavy (non-hydrogen) atoms. The number of alkyl halides is 1. The molecule has 4 aliphatic carbocycles. The highest BCUT2D eigenvalue weighted by molar-refractivity contribution is 6.19. The molecule has 0 amide bonds. The van der Waals surface area contributed by atoms with E-state index < -0.39 is 0 Å². The Morgan fingerprint density at radius 1 is 1.09 bits per heavy atom. The monoisotopic (exact) mass is 326 g/mol. The minimum atomic E-state index is -0.253. The fourth-order valence-corrected chi connectivity index (χ4v) is 6.33. The predicted octanol–water partition coefficient (Wildman–Crippen LogP) is 5.13. The highest BCUT2D eigenvalue weighted by Gasteiger charge is 2.44. The molecule has 0 spiro atoms. The maximum Gasteiger partial charge on any atom is 0.154 e. The number of hydrogen-bond donors (Lipinski definition) is 0. The summed E-state index contributed by atoms with van der Waals surface area (Å²) in [5.41, 5.74) is -0.137. The van der Waals surface area contributed by atoms with Gasteiger partial charge in [-0.25, -0.2) is 0 Å². The highest BCUT2D eigenvalue weighted by atomic mass is 35.5. The average Bonchev–Trinajstić information content (AvgIpc) is 3.07. The summed E-state index contributed by atoms with van der Waals surface area (Å²) in [5.74, 6) is 3.38. The van der Waals surface area contributed by atoms with E-state index in [1.165, 1.54) is 64.2 Å². The molecule has 0 aliphatic heterocycles. The number of rotatable bonds is 5. The van der Waals surface area contributed by atoms with Gasteiger partial charge >= 0.3 is 0 Å². The maximum atomic E-state index is 6.48. The lowest BCUT2D eigenvalue weighted by Gasteiger charge is -2.47. The first-order valence-electron chi connectivity index (χ1n) is 9.55. The standard InChI is InChI=1S/C19H31ClO2/c1-13-7-15-3-2-6-19(10-13,11-15)21-12-18(20)22-17-9-14-4-5-16(17)8-14/h13-18H,2-12H2,1H3. The molecule has 0 heterocycles. The molecule has 126 valence electrons. The van der Waals surface area contributed by atoms with Crippen LogP contribution < -0.4 is 0 Å². The first kappa shape index (κ1) is 15.7. The van der Waals surface area contributed by atoms with Crippen molar-refractivity contribution in [3.8, 4) is 0 Å². The molecule has 4 rings (SSSR count). The molecule has 0 aromatic carbocycles. The molecule has 0 aromatic heterocycles. The van der Waals surface area contributed by atoms with E-state index in [2.05, 4.69) is 6.92 Å². The molecule has 3 heteroatoms. The van der Waals surface area contributed by atoms with Gasteiger partial charge in [-0.05, 0) is 75.0 Å². The summed E-state index contributed by atoms with van der Waals surface area (Å²) >= 11 is 6.48. The van der Waals surface area contributed by atoms with Crippen LogP contribution in [0, 0.1) is 23.7 Å². The van der Waals surface area contributed by atoms with Crippen molar-refractivity contribution in [2.24, 2.45) is 23.7 Å². The minimum Gasteiger partial charge on any atom is -0.371 e. The van der Waals surface area contributed by atoms with Crippen LogP contribution in [-0.2, 0) is 9.47 Å². The van der Waals surface area contributed by atoms with Crippen LogP contribution in [-0.4, -0.2) is 23.9 Å². The van der Waals surface area contributed by atoms with Gasteiger partial charge in [0, 0.05) is 0 Å². The Labute approximate surface area is 140 Å². The first-order valence-corrected chi connectivity index (χ1v) is 9.99. The normalized spacial score (nSPS) is 48.5. The van der Waals surface area contributed by atoms with Crippen molar-refractivity contribution < 1.29 is 9.47 Å². The second-order valence-electron chi connectivity index (χ2n) is 8.76. The Balaban J connectivity index is 1.28. The van der Waals surface area contributed by atoms with Crippen LogP contribution in [0.2, 0.25) is 0 Å². The molecule has 0 saturated heterocycles. The zero-order valence-corrected chi connectivity index (χ0v) is 14.7. The summed E-state index contributed by atoms with van der Waals surface area (Å²) in [4.78, 5) is 0. The number of fused-ring (bicyclic) bond motifs is 4. The summed E-state index contributed by atoms with van der Waals surface area (Å²) < 4.78 is 12.5. The van der Waals surface area contributed by atoms with E-state index in [1.54, 1.807) is 0 Å². The average molecular weight is 327 g/mol. The fraction of sp³-hybridized carbons (Fsp3) is 1.00. The zero-order valence-electron chi connectivity index (χ0n) is 13.9. The van der Waals surface area contributed by atoms with Gasteiger partial charge in [0.25, 0.3) is 0 Å².